The molecule has 0 radical (unpaired) electrons. The number of nitrogens with zero attached hydrogens (tertiary/aromatic N) is 6. The Labute approximate surface area is 301 Å². The number of fused-ring (bicyclic) bond motifs is 5. The highest BCUT2D eigenvalue weighted by atomic mass is 16.5. The fraction of sp³-hybridized carbons (Fsp3) is 0.256. The lowest BCUT2D eigenvalue weighted by Crippen LogP contribution is -2.64. The second-order valence-electron chi connectivity index (χ2n) is 13.7. The standard InChI is InChI=1S/C39H32N8O6/c1-21-13-23(33-42-19-30-36(43-33)52-12-11-47(30)25-7-8-28-29(15-25)46(3)38(51)45(28)2)18-41-32(21)35(49)40-10-4-5-22-6-9-31-26(14-22)27(20-53-31)39-16-24(17-39)34(48)44-37(39)50/h6-9,13-15,18-20,24H,10-12,16-17H2,1-3H3,(H,40,49)(H,44,48,50). The number of piperidine rings is 2. The molecule has 3 fully saturated rings. The number of amides is 3. The van der Waals surface area contributed by atoms with Gasteiger partial charge in [0.25, 0.3) is 5.91 Å². The van der Waals surface area contributed by atoms with Gasteiger partial charge in [0.15, 0.2) is 5.82 Å². The molecule has 0 spiro atoms. The predicted molar refractivity (Wildman–Crippen MR) is 194 cm³/mol. The van der Waals surface area contributed by atoms with Gasteiger partial charge < -0.3 is 19.4 Å². The summed E-state index contributed by atoms with van der Waals surface area (Å²) in [6.45, 7) is 2.88. The third-order valence-corrected chi connectivity index (χ3v) is 10.6. The van der Waals surface area contributed by atoms with Gasteiger partial charge in [-0.2, -0.15) is 4.98 Å². The average Bonchev–Trinajstić information content (AvgIpc) is 3.66. The van der Waals surface area contributed by atoms with Crippen molar-refractivity contribution in [3.63, 3.8) is 0 Å². The molecule has 4 aromatic heterocycles. The first-order valence-corrected chi connectivity index (χ1v) is 17.2. The number of anilines is 2. The van der Waals surface area contributed by atoms with Gasteiger partial charge in [-0.25, -0.2) is 9.78 Å². The molecule has 7 heterocycles. The third-order valence-electron chi connectivity index (χ3n) is 10.6. The number of imidazole rings is 1. The van der Waals surface area contributed by atoms with Crippen LogP contribution in [0.5, 0.6) is 5.88 Å². The highest BCUT2D eigenvalue weighted by Gasteiger charge is 2.59. The molecule has 53 heavy (non-hydrogen) atoms. The molecular weight excluding hydrogens is 676 g/mol. The van der Waals surface area contributed by atoms with Crippen LogP contribution < -0.4 is 26.0 Å². The summed E-state index contributed by atoms with van der Waals surface area (Å²) in [4.78, 5) is 66.1. The fourth-order valence-corrected chi connectivity index (χ4v) is 7.67. The van der Waals surface area contributed by atoms with Gasteiger partial charge in [-0.15, -0.1) is 0 Å². The highest BCUT2D eigenvalue weighted by Crippen LogP contribution is 2.53. The van der Waals surface area contributed by atoms with E-state index >= 15 is 0 Å². The molecule has 0 atom stereocenters. The van der Waals surface area contributed by atoms with Crippen molar-refractivity contribution in [1.82, 2.24) is 34.7 Å². The van der Waals surface area contributed by atoms with Crippen molar-refractivity contribution in [3.8, 4) is 29.1 Å². The summed E-state index contributed by atoms with van der Waals surface area (Å²) < 4.78 is 14.9. The third kappa shape index (κ3) is 5.07. The molecule has 10 rings (SSSR count). The summed E-state index contributed by atoms with van der Waals surface area (Å²) in [6.07, 6.45) is 5.84. The van der Waals surface area contributed by atoms with Crippen LogP contribution in [0.2, 0.25) is 0 Å². The van der Waals surface area contributed by atoms with E-state index in [4.69, 9.17) is 14.1 Å². The Hall–Kier alpha value is -6.75. The molecule has 2 bridgehead atoms. The van der Waals surface area contributed by atoms with Crippen molar-refractivity contribution in [3.05, 3.63) is 94.0 Å². The number of ether oxygens (including phenoxy) is 1. The SMILES string of the molecule is Cc1cc(-c2ncc3c(n2)OCCN3c2ccc3c(c2)n(C)c(=O)n3C)cnc1C(=O)NCC#Cc1ccc2occ(C34CC(C3)C(=O)NC4=O)c2c1. The number of aromatic nitrogens is 5. The zero-order valence-electron chi connectivity index (χ0n) is 29.0. The second kappa shape index (κ2) is 11.9. The zero-order valence-corrected chi connectivity index (χ0v) is 29.0. The van der Waals surface area contributed by atoms with Gasteiger partial charge in [-0.3, -0.25) is 33.8 Å². The van der Waals surface area contributed by atoms with Crippen LogP contribution in [0.4, 0.5) is 11.4 Å². The summed E-state index contributed by atoms with van der Waals surface area (Å²) in [6, 6.07) is 13.2. The van der Waals surface area contributed by atoms with E-state index in [2.05, 4.69) is 37.3 Å². The normalized spacial score (nSPS) is 18.8. The fourth-order valence-electron chi connectivity index (χ4n) is 7.67. The number of imide groups is 1. The summed E-state index contributed by atoms with van der Waals surface area (Å²) in [5, 5.41) is 6.08. The van der Waals surface area contributed by atoms with Crippen LogP contribution in [0, 0.1) is 24.7 Å². The first kappa shape index (κ1) is 32.2. The number of carbonyl (C=O) groups excluding carboxylic acids is 3. The molecule has 14 heteroatoms. The largest absolute Gasteiger partial charge is 0.474 e. The van der Waals surface area contributed by atoms with Crippen molar-refractivity contribution >= 4 is 51.1 Å². The molecule has 6 aromatic rings. The maximum absolute atomic E-state index is 13.1. The van der Waals surface area contributed by atoms with E-state index in [0.29, 0.717) is 65.7 Å². The lowest BCUT2D eigenvalue weighted by atomic mass is 9.55. The van der Waals surface area contributed by atoms with Crippen LogP contribution in [0.3, 0.4) is 0 Å². The van der Waals surface area contributed by atoms with Crippen molar-refractivity contribution in [2.75, 3.05) is 24.6 Å². The minimum Gasteiger partial charge on any atom is -0.474 e. The Morgan fingerprint density at radius 1 is 1.04 bits per heavy atom. The van der Waals surface area contributed by atoms with Crippen LogP contribution in [0.15, 0.2) is 70.3 Å². The van der Waals surface area contributed by atoms with Gasteiger partial charge in [0.1, 0.15) is 23.6 Å². The van der Waals surface area contributed by atoms with Gasteiger partial charge in [0.05, 0.1) is 42.0 Å². The predicted octanol–water partition coefficient (Wildman–Crippen LogP) is 3.40. The monoisotopic (exact) mass is 708 g/mol. The number of pyridine rings is 1. The molecule has 3 amide bonds. The van der Waals surface area contributed by atoms with Crippen molar-refractivity contribution < 1.29 is 23.5 Å². The quantitative estimate of drug-likeness (QED) is 0.200. The minimum absolute atomic E-state index is 0.0867. The van der Waals surface area contributed by atoms with E-state index in [1.165, 1.54) is 0 Å². The summed E-state index contributed by atoms with van der Waals surface area (Å²) in [5.74, 6) is 5.89. The highest BCUT2D eigenvalue weighted by molar-refractivity contribution is 6.09. The zero-order chi connectivity index (χ0) is 36.6. The van der Waals surface area contributed by atoms with E-state index in [-0.39, 0.29) is 41.6 Å². The van der Waals surface area contributed by atoms with Crippen LogP contribution >= 0.6 is 0 Å². The number of furan rings is 1. The van der Waals surface area contributed by atoms with Crippen molar-refractivity contribution in [1.29, 1.82) is 0 Å². The maximum atomic E-state index is 13.1. The van der Waals surface area contributed by atoms with Crippen LogP contribution in [-0.4, -0.2) is 61.5 Å². The molecule has 14 nitrogen and oxygen atoms in total. The summed E-state index contributed by atoms with van der Waals surface area (Å²) in [5.41, 5.74) is 6.06. The van der Waals surface area contributed by atoms with Crippen LogP contribution in [0.1, 0.15) is 40.0 Å². The minimum atomic E-state index is -0.756. The Balaban J connectivity index is 0.882. The first-order chi connectivity index (χ1) is 25.6. The van der Waals surface area contributed by atoms with Crippen LogP contribution in [-0.2, 0) is 29.1 Å². The number of hydrogen-bond donors (Lipinski definition) is 2. The van der Waals surface area contributed by atoms with Crippen molar-refractivity contribution in [2.45, 2.75) is 25.2 Å². The second-order valence-corrected chi connectivity index (χ2v) is 13.7. The Morgan fingerprint density at radius 2 is 1.87 bits per heavy atom. The molecule has 2 saturated heterocycles. The molecule has 264 valence electrons. The molecule has 2 N–H and O–H groups in total. The molecule has 4 aliphatic rings. The van der Waals surface area contributed by atoms with Gasteiger partial charge in [0, 0.05) is 54.0 Å². The molecule has 0 unspecified atom stereocenters. The number of rotatable bonds is 5. The maximum Gasteiger partial charge on any atom is 0.328 e. The smallest absolute Gasteiger partial charge is 0.328 e. The number of benzene rings is 2. The number of aryl methyl sites for hydroxylation is 3. The van der Waals surface area contributed by atoms with Crippen LogP contribution in [0.25, 0.3) is 33.4 Å². The Bertz CT molecular complexity index is 2690. The van der Waals surface area contributed by atoms with E-state index in [0.717, 1.165) is 27.7 Å². The van der Waals surface area contributed by atoms with Gasteiger partial charge in [-0.05, 0) is 67.8 Å². The topological polar surface area (TPSA) is 166 Å². The van der Waals surface area contributed by atoms with Gasteiger partial charge in [0.2, 0.25) is 17.7 Å². The molecular formula is C39H32N8O6. The van der Waals surface area contributed by atoms with Gasteiger partial charge >= 0.3 is 5.69 Å². The number of hydrogen-bond acceptors (Lipinski definition) is 10. The number of carbonyl (C=O) groups is 3. The lowest BCUT2D eigenvalue weighted by Gasteiger charge is -2.49. The van der Waals surface area contributed by atoms with E-state index in [1.807, 2.05) is 36.4 Å². The van der Waals surface area contributed by atoms with E-state index < -0.39 is 5.41 Å². The lowest BCUT2D eigenvalue weighted by molar-refractivity contribution is -0.151. The van der Waals surface area contributed by atoms with Crippen molar-refractivity contribution in [2.24, 2.45) is 20.0 Å². The van der Waals surface area contributed by atoms with E-state index in [1.54, 1.807) is 54.9 Å². The average molecular weight is 709 g/mol. The first-order valence-electron chi connectivity index (χ1n) is 17.2. The summed E-state index contributed by atoms with van der Waals surface area (Å²) >= 11 is 0. The summed E-state index contributed by atoms with van der Waals surface area (Å²) in [7, 11) is 3.51. The Kier molecular flexibility index (Phi) is 7.23. The molecule has 1 saturated carbocycles. The van der Waals surface area contributed by atoms with Gasteiger partial charge in [-0.1, -0.05) is 11.8 Å². The number of nitrogens with one attached hydrogen (secondary N) is 2. The molecule has 2 aromatic carbocycles. The molecule has 1 aliphatic carbocycles. The Morgan fingerprint density at radius 3 is 2.68 bits per heavy atom. The van der Waals surface area contributed by atoms with E-state index in [9.17, 15) is 19.2 Å². The molecule has 3 aliphatic heterocycles.